The van der Waals surface area contributed by atoms with Crippen molar-refractivity contribution in [2.75, 3.05) is 0 Å². The highest BCUT2D eigenvalue weighted by Gasteiger charge is 2.27. The first-order valence-electron chi connectivity index (χ1n) is 12.8. The smallest absolute Gasteiger partial charge is 0.343 e. The maximum atomic E-state index is 14.0. The first kappa shape index (κ1) is 27.3. The van der Waals surface area contributed by atoms with E-state index in [0.717, 1.165) is 37.8 Å². The number of nitriles is 1. The lowest BCUT2D eigenvalue weighted by Crippen LogP contribution is -2.25. The van der Waals surface area contributed by atoms with Crippen LogP contribution in [0.3, 0.4) is 0 Å². The highest BCUT2D eigenvalue weighted by atomic mass is 19.2. The molecular formula is C29H33F2NO4. The van der Waals surface area contributed by atoms with E-state index in [0.29, 0.717) is 11.7 Å². The molecule has 0 aliphatic heterocycles. The maximum Gasteiger partial charge on any atom is 0.343 e. The summed E-state index contributed by atoms with van der Waals surface area (Å²) in [6.07, 6.45) is 12.8. The Labute approximate surface area is 211 Å². The lowest BCUT2D eigenvalue weighted by Gasteiger charge is -2.27. The molecule has 0 spiro atoms. The largest absolute Gasteiger partial charge is 0.426 e. The number of hydrogen-bond acceptors (Lipinski definition) is 5. The Kier molecular flexibility index (Phi) is 10.4. The van der Waals surface area contributed by atoms with E-state index in [1.807, 2.05) is 0 Å². The molecule has 192 valence electrons. The van der Waals surface area contributed by atoms with Gasteiger partial charge in [0, 0.05) is 0 Å². The van der Waals surface area contributed by atoms with E-state index in [2.05, 4.69) is 6.92 Å². The molecule has 0 radical (unpaired) electrons. The second-order valence-electron chi connectivity index (χ2n) is 9.46. The van der Waals surface area contributed by atoms with Crippen LogP contribution in [0.2, 0.25) is 0 Å². The molecule has 0 atom stereocenters. The van der Waals surface area contributed by atoms with Crippen molar-refractivity contribution in [3.63, 3.8) is 0 Å². The van der Waals surface area contributed by atoms with Gasteiger partial charge < -0.3 is 9.47 Å². The van der Waals surface area contributed by atoms with Gasteiger partial charge in [-0.25, -0.2) is 9.18 Å². The van der Waals surface area contributed by atoms with Gasteiger partial charge in [0.1, 0.15) is 11.8 Å². The molecule has 0 aromatic heterocycles. The molecule has 0 unspecified atom stereocenters. The molecule has 1 aliphatic carbocycles. The monoisotopic (exact) mass is 497 g/mol. The van der Waals surface area contributed by atoms with Crippen LogP contribution in [0.25, 0.3) is 0 Å². The third kappa shape index (κ3) is 7.61. The molecule has 1 fully saturated rings. The number of unbranched alkanes of at least 4 members (excludes halogenated alkanes) is 5. The number of esters is 2. The average molecular weight is 498 g/mol. The third-order valence-corrected chi connectivity index (χ3v) is 6.82. The van der Waals surface area contributed by atoms with Crippen LogP contribution in [-0.4, -0.2) is 11.9 Å². The molecule has 3 rings (SSSR count). The minimum Gasteiger partial charge on any atom is -0.426 e. The Morgan fingerprint density at radius 2 is 1.56 bits per heavy atom. The molecule has 0 amide bonds. The summed E-state index contributed by atoms with van der Waals surface area (Å²) >= 11 is 0. The fourth-order valence-corrected chi connectivity index (χ4v) is 4.61. The van der Waals surface area contributed by atoms with Crippen molar-refractivity contribution in [3.8, 4) is 17.6 Å². The Balaban J connectivity index is 1.44. The summed E-state index contributed by atoms with van der Waals surface area (Å²) in [5, 5.41) is 8.74. The number of hydrogen-bond donors (Lipinski definition) is 0. The van der Waals surface area contributed by atoms with Crippen molar-refractivity contribution in [1.29, 1.82) is 5.26 Å². The van der Waals surface area contributed by atoms with Crippen LogP contribution in [0.5, 0.6) is 11.5 Å². The van der Waals surface area contributed by atoms with Crippen molar-refractivity contribution in [2.24, 2.45) is 11.8 Å². The summed E-state index contributed by atoms with van der Waals surface area (Å²) in [7, 11) is 0. The van der Waals surface area contributed by atoms with E-state index in [1.165, 1.54) is 75.3 Å². The molecule has 36 heavy (non-hydrogen) atoms. The van der Waals surface area contributed by atoms with Gasteiger partial charge in [-0.15, -0.1) is 0 Å². The van der Waals surface area contributed by atoms with Crippen molar-refractivity contribution >= 4 is 11.9 Å². The number of nitrogens with zero attached hydrogens (tertiary/aromatic N) is 1. The third-order valence-electron chi connectivity index (χ3n) is 6.82. The highest BCUT2D eigenvalue weighted by molar-refractivity contribution is 5.91. The number of ether oxygens (including phenoxy) is 2. The zero-order valence-electron chi connectivity index (χ0n) is 20.7. The topological polar surface area (TPSA) is 76.4 Å². The van der Waals surface area contributed by atoms with Crippen molar-refractivity contribution < 1.29 is 27.8 Å². The standard InChI is InChI=1S/C29H33F2NO4/c1-2-3-4-5-6-7-8-20-9-11-21(12-10-20)28(33)35-24-16-13-22(14-17-24)29(34)36-25-18-15-23(19-32)26(30)27(25)31/h13-18,20-21H,2-12H2,1H3/t20-,21-. The highest BCUT2D eigenvalue weighted by Crippen LogP contribution is 2.33. The molecule has 2 aromatic rings. The Morgan fingerprint density at radius 3 is 2.22 bits per heavy atom. The van der Waals surface area contributed by atoms with E-state index in [9.17, 15) is 18.4 Å². The maximum absolute atomic E-state index is 14.0. The number of carbonyl (C=O) groups excluding carboxylic acids is 2. The zero-order valence-corrected chi connectivity index (χ0v) is 20.7. The molecule has 0 heterocycles. The first-order valence-corrected chi connectivity index (χ1v) is 12.8. The van der Waals surface area contributed by atoms with Gasteiger partial charge in [0.15, 0.2) is 11.6 Å². The predicted molar refractivity (Wildman–Crippen MR) is 132 cm³/mol. The average Bonchev–Trinajstić information content (AvgIpc) is 2.89. The molecule has 0 saturated heterocycles. The summed E-state index contributed by atoms with van der Waals surface area (Å²) in [4.78, 5) is 24.9. The SMILES string of the molecule is CCCCCCCC[C@H]1CC[C@H](C(=O)Oc2ccc(C(=O)Oc3ccc(C#N)c(F)c3F)cc2)CC1. The fourth-order valence-electron chi connectivity index (χ4n) is 4.61. The summed E-state index contributed by atoms with van der Waals surface area (Å²) in [5.41, 5.74) is -0.404. The predicted octanol–water partition coefficient (Wildman–Crippen LogP) is 7.52. The van der Waals surface area contributed by atoms with Crippen LogP contribution >= 0.6 is 0 Å². The Morgan fingerprint density at radius 1 is 0.889 bits per heavy atom. The first-order chi connectivity index (χ1) is 17.4. The zero-order chi connectivity index (χ0) is 25.9. The van der Waals surface area contributed by atoms with Gasteiger partial charge in [-0.05, 0) is 68.0 Å². The molecular weight excluding hydrogens is 464 g/mol. The quantitative estimate of drug-likeness (QED) is 0.182. The van der Waals surface area contributed by atoms with Gasteiger partial charge >= 0.3 is 11.9 Å². The van der Waals surface area contributed by atoms with Gasteiger partial charge in [-0.3, -0.25) is 4.79 Å². The van der Waals surface area contributed by atoms with Crippen LogP contribution in [0.4, 0.5) is 8.78 Å². The lowest BCUT2D eigenvalue weighted by atomic mass is 9.80. The van der Waals surface area contributed by atoms with E-state index >= 15 is 0 Å². The number of carbonyl (C=O) groups is 2. The summed E-state index contributed by atoms with van der Waals surface area (Å²) in [6, 6.07) is 9.28. The van der Waals surface area contributed by atoms with Crippen molar-refractivity contribution in [1.82, 2.24) is 0 Å². The van der Waals surface area contributed by atoms with Gasteiger partial charge in [0.2, 0.25) is 5.82 Å². The number of halogens is 2. The molecule has 0 N–H and O–H groups in total. The molecule has 2 aromatic carbocycles. The molecule has 1 saturated carbocycles. The normalized spacial score (nSPS) is 17.3. The Hall–Kier alpha value is -3.27. The fraction of sp³-hybridized carbons (Fsp3) is 0.483. The lowest BCUT2D eigenvalue weighted by molar-refractivity contribution is -0.140. The Bertz CT molecular complexity index is 1070. The van der Waals surface area contributed by atoms with E-state index < -0.39 is 28.9 Å². The van der Waals surface area contributed by atoms with E-state index in [1.54, 1.807) is 0 Å². The van der Waals surface area contributed by atoms with Gasteiger partial charge in [0.25, 0.3) is 0 Å². The molecule has 5 nitrogen and oxygen atoms in total. The van der Waals surface area contributed by atoms with Crippen LogP contribution in [-0.2, 0) is 4.79 Å². The summed E-state index contributed by atoms with van der Waals surface area (Å²) in [5.74, 6) is -3.68. The van der Waals surface area contributed by atoms with Crippen molar-refractivity contribution in [2.45, 2.75) is 77.6 Å². The number of benzene rings is 2. The van der Waals surface area contributed by atoms with Crippen LogP contribution in [0.1, 0.15) is 93.5 Å². The van der Waals surface area contributed by atoms with E-state index in [4.69, 9.17) is 14.7 Å². The van der Waals surface area contributed by atoms with Crippen LogP contribution in [0, 0.1) is 34.8 Å². The summed E-state index contributed by atoms with van der Waals surface area (Å²) in [6.45, 7) is 2.23. The molecule has 7 heteroatoms. The second kappa shape index (κ2) is 13.7. The van der Waals surface area contributed by atoms with Gasteiger partial charge in [-0.1, -0.05) is 51.9 Å². The van der Waals surface area contributed by atoms with Crippen LogP contribution in [0.15, 0.2) is 36.4 Å². The van der Waals surface area contributed by atoms with E-state index in [-0.39, 0.29) is 17.5 Å². The number of rotatable bonds is 11. The molecule has 1 aliphatic rings. The minimum atomic E-state index is -1.41. The van der Waals surface area contributed by atoms with Crippen molar-refractivity contribution in [3.05, 3.63) is 59.2 Å². The van der Waals surface area contributed by atoms with Gasteiger partial charge in [0.05, 0.1) is 17.0 Å². The minimum absolute atomic E-state index is 0.0779. The van der Waals surface area contributed by atoms with Gasteiger partial charge in [-0.2, -0.15) is 9.65 Å². The molecule has 0 bridgehead atoms. The second-order valence-corrected chi connectivity index (χ2v) is 9.46. The van der Waals surface area contributed by atoms with Crippen LogP contribution < -0.4 is 9.47 Å². The summed E-state index contributed by atoms with van der Waals surface area (Å²) < 4.78 is 38.2.